The number of benzene rings is 2. The first-order chi connectivity index (χ1) is 10.4. The molecule has 1 aliphatic carbocycles. The fourth-order valence-corrected chi connectivity index (χ4v) is 3.40. The molecule has 1 fully saturated rings. The van der Waals surface area contributed by atoms with Gasteiger partial charge in [0, 0.05) is 12.0 Å². The Hall–Kier alpha value is -1.35. The van der Waals surface area contributed by atoms with Gasteiger partial charge in [0.1, 0.15) is 0 Å². The molecule has 2 nitrogen and oxygen atoms in total. The van der Waals surface area contributed by atoms with Gasteiger partial charge in [-0.25, -0.2) is 0 Å². The number of aliphatic hydroxyl groups is 1. The van der Waals surface area contributed by atoms with Crippen molar-refractivity contribution in [2.45, 2.75) is 18.3 Å². The van der Waals surface area contributed by atoms with E-state index in [-0.39, 0.29) is 24.4 Å². The summed E-state index contributed by atoms with van der Waals surface area (Å²) < 4.78 is 0. The van der Waals surface area contributed by atoms with Crippen LogP contribution >= 0.6 is 12.4 Å². The SMILES string of the molecule is Cl.OCCCNCC1CC1(c1ccccc1)c1ccccc1. The molecule has 1 saturated carbocycles. The highest BCUT2D eigenvalue weighted by Gasteiger charge is 2.55. The number of nitrogens with one attached hydrogen (secondary N) is 1. The Morgan fingerprint density at radius 3 is 2.00 bits per heavy atom. The number of halogens is 1. The minimum absolute atomic E-state index is 0. The zero-order valence-corrected chi connectivity index (χ0v) is 13.6. The molecule has 0 bridgehead atoms. The Kier molecular flexibility index (Phi) is 6.01. The van der Waals surface area contributed by atoms with Gasteiger partial charge in [0.05, 0.1) is 0 Å². The van der Waals surface area contributed by atoms with Gasteiger partial charge in [-0.2, -0.15) is 0 Å². The van der Waals surface area contributed by atoms with Crippen LogP contribution in [0, 0.1) is 5.92 Å². The van der Waals surface area contributed by atoms with E-state index >= 15 is 0 Å². The van der Waals surface area contributed by atoms with Crippen LogP contribution in [0.4, 0.5) is 0 Å². The van der Waals surface area contributed by atoms with Crippen molar-refractivity contribution in [2.24, 2.45) is 5.92 Å². The number of aliphatic hydroxyl groups excluding tert-OH is 1. The molecule has 0 heterocycles. The standard InChI is InChI=1S/C19H23NO.ClH/c21-13-7-12-20-15-18-14-19(18,16-8-3-1-4-9-16)17-10-5-2-6-11-17;/h1-6,8-11,18,20-21H,7,12-15H2;1H. The normalized spacial score (nSPS) is 18.5. The van der Waals surface area contributed by atoms with Crippen molar-refractivity contribution in [2.75, 3.05) is 19.7 Å². The van der Waals surface area contributed by atoms with Crippen LogP contribution in [0.1, 0.15) is 24.0 Å². The molecule has 1 atom stereocenters. The molecule has 0 amide bonds. The minimum Gasteiger partial charge on any atom is -0.396 e. The van der Waals surface area contributed by atoms with Crippen LogP contribution in [-0.2, 0) is 5.41 Å². The van der Waals surface area contributed by atoms with Crippen molar-refractivity contribution in [1.82, 2.24) is 5.32 Å². The van der Waals surface area contributed by atoms with Crippen LogP contribution in [0.2, 0.25) is 0 Å². The Labute approximate surface area is 139 Å². The van der Waals surface area contributed by atoms with E-state index in [1.807, 2.05) is 0 Å². The fraction of sp³-hybridized carbons (Fsp3) is 0.368. The van der Waals surface area contributed by atoms with Gasteiger partial charge >= 0.3 is 0 Å². The molecular weight excluding hydrogens is 294 g/mol. The van der Waals surface area contributed by atoms with E-state index in [2.05, 4.69) is 66.0 Å². The minimum atomic E-state index is 0. The van der Waals surface area contributed by atoms with Gasteiger partial charge in [0.25, 0.3) is 0 Å². The zero-order chi connectivity index (χ0) is 14.5. The molecule has 1 unspecified atom stereocenters. The second-order valence-electron chi connectivity index (χ2n) is 5.89. The molecule has 0 spiro atoms. The highest BCUT2D eigenvalue weighted by atomic mass is 35.5. The van der Waals surface area contributed by atoms with E-state index in [4.69, 9.17) is 5.11 Å². The third-order valence-corrected chi connectivity index (χ3v) is 4.59. The van der Waals surface area contributed by atoms with Gasteiger partial charge in [0.15, 0.2) is 0 Å². The summed E-state index contributed by atoms with van der Waals surface area (Å²) >= 11 is 0. The fourth-order valence-electron chi connectivity index (χ4n) is 3.40. The van der Waals surface area contributed by atoms with Crippen molar-refractivity contribution in [3.63, 3.8) is 0 Å². The lowest BCUT2D eigenvalue weighted by atomic mass is 9.86. The quantitative estimate of drug-likeness (QED) is 0.767. The summed E-state index contributed by atoms with van der Waals surface area (Å²) in [5.74, 6) is 0.640. The van der Waals surface area contributed by atoms with Gasteiger partial charge in [-0.15, -0.1) is 12.4 Å². The maximum Gasteiger partial charge on any atom is 0.0443 e. The lowest BCUT2D eigenvalue weighted by Crippen LogP contribution is -2.23. The topological polar surface area (TPSA) is 32.3 Å². The lowest BCUT2D eigenvalue weighted by Gasteiger charge is -2.19. The predicted octanol–water partition coefficient (Wildman–Crippen LogP) is 3.39. The van der Waals surface area contributed by atoms with Gasteiger partial charge < -0.3 is 10.4 Å². The monoisotopic (exact) mass is 317 g/mol. The van der Waals surface area contributed by atoms with Crippen LogP contribution in [0.5, 0.6) is 0 Å². The van der Waals surface area contributed by atoms with E-state index in [0.717, 1.165) is 19.5 Å². The lowest BCUT2D eigenvalue weighted by molar-refractivity contribution is 0.285. The Morgan fingerprint density at radius 1 is 0.955 bits per heavy atom. The molecule has 0 radical (unpaired) electrons. The smallest absolute Gasteiger partial charge is 0.0443 e. The summed E-state index contributed by atoms with van der Waals surface area (Å²) in [5.41, 5.74) is 3.02. The molecule has 0 saturated heterocycles. The molecule has 3 heteroatoms. The first-order valence-corrected chi connectivity index (χ1v) is 7.80. The summed E-state index contributed by atoms with van der Waals surface area (Å²) in [6.45, 7) is 2.18. The summed E-state index contributed by atoms with van der Waals surface area (Å²) in [4.78, 5) is 0. The van der Waals surface area contributed by atoms with Crippen molar-refractivity contribution >= 4 is 12.4 Å². The molecule has 118 valence electrons. The van der Waals surface area contributed by atoms with E-state index < -0.39 is 0 Å². The zero-order valence-electron chi connectivity index (χ0n) is 12.7. The van der Waals surface area contributed by atoms with Gasteiger partial charge in [-0.3, -0.25) is 0 Å². The average Bonchev–Trinajstić information content (AvgIpc) is 3.29. The number of hydrogen-bond acceptors (Lipinski definition) is 2. The van der Waals surface area contributed by atoms with Crippen molar-refractivity contribution in [3.05, 3.63) is 71.8 Å². The number of rotatable bonds is 7. The third kappa shape index (κ3) is 3.35. The number of hydrogen-bond donors (Lipinski definition) is 2. The average molecular weight is 318 g/mol. The van der Waals surface area contributed by atoms with Crippen LogP contribution in [-0.4, -0.2) is 24.8 Å². The third-order valence-electron chi connectivity index (χ3n) is 4.59. The van der Waals surface area contributed by atoms with E-state index in [1.165, 1.54) is 17.5 Å². The van der Waals surface area contributed by atoms with Gasteiger partial charge in [-0.05, 0) is 43.0 Å². The van der Waals surface area contributed by atoms with Crippen molar-refractivity contribution < 1.29 is 5.11 Å². The highest BCUT2D eigenvalue weighted by molar-refractivity contribution is 5.85. The molecule has 2 N–H and O–H groups in total. The van der Waals surface area contributed by atoms with Crippen LogP contribution in [0.15, 0.2) is 60.7 Å². The van der Waals surface area contributed by atoms with Crippen LogP contribution in [0.25, 0.3) is 0 Å². The Morgan fingerprint density at radius 2 is 1.50 bits per heavy atom. The highest BCUT2D eigenvalue weighted by Crippen LogP contribution is 2.58. The first-order valence-electron chi connectivity index (χ1n) is 7.80. The molecule has 1 aliphatic rings. The Bertz CT molecular complexity index is 519. The summed E-state index contributed by atoms with van der Waals surface area (Å²) in [6.07, 6.45) is 2.03. The Balaban J connectivity index is 0.00000176. The van der Waals surface area contributed by atoms with E-state index in [0.29, 0.717) is 5.92 Å². The molecule has 3 rings (SSSR count). The van der Waals surface area contributed by atoms with Crippen molar-refractivity contribution in [3.8, 4) is 0 Å². The molecular formula is C19H24ClNO. The second-order valence-corrected chi connectivity index (χ2v) is 5.89. The maximum absolute atomic E-state index is 8.87. The van der Waals surface area contributed by atoms with Gasteiger partial charge in [0.2, 0.25) is 0 Å². The second kappa shape index (κ2) is 7.77. The van der Waals surface area contributed by atoms with Crippen LogP contribution in [0.3, 0.4) is 0 Å². The summed E-state index contributed by atoms with van der Waals surface area (Å²) in [7, 11) is 0. The van der Waals surface area contributed by atoms with Crippen LogP contribution < -0.4 is 5.32 Å². The largest absolute Gasteiger partial charge is 0.396 e. The molecule has 22 heavy (non-hydrogen) atoms. The van der Waals surface area contributed by atoms with Gasteiger partial charge in [-0.1, -0.05) is 60.7 Å². The molecule has 2 aromatic rings. The summed E-state index contributed by atoms with van der Waals surface area (Å²) in [5, 5.41) is 12.3. The van der Waals surface area contributed by atoms with E-state index in [1.54, 1.807) is 0 Å². The molecule has 0 aromatic heterocycles. The maximum atomic E-state index is 8.87. The summed E-state index contributed by atoms with van der Waals surface area (Å²) in [6, 6.07) is 21.7. The predicted molar refractivity (Wildman–Crippen MR) is 93.6 cm³/mol. The van der Waals surface area contributed by atoms with Crippen molar-refractivity contribution in [1.29, 1.82) is 0 Å². The molecule has 2 aromatic carbocycles. The van der Waals surface area contributed by atoms with E-state index in [9.17, 15) is 0 Å². The first kappa shape index (κ1) is 17.0. The molecule has 0 aliphatic heterocycles.